The summed E-state index contributed by atoms with van der Waals surface area (Å²) in [6, 6.07) is 8.01. The van der Waals surface area contributed by atoms with Crippen LogP contribution in [0, 0.1) is 0 Å². The highest BCUT2D eigenvalue weighted by molar-refractivity contribution is 7.90. The van der Waals surface area contributed by atoms with Crippen LogP contribution in [-0.4, -0.2) is 34.3 Å². The smallest absolute Gasteiger partial charge is 0.175 e. The first-order chi connectivity index (χ1) is 8.50. The van der Waals surface area contributed by atoms with E-state index in [1.165, 1.54) is 19.1 Å². The normalized spacial score (nSPS) is 17.7. The predicted molar refractivity (Wildman–Crippen MR) is 72.4 cm³/mol. The van der Waals surface area contributed by atoms with Gasteiger partial charge in [-0.2, -0.15) is 0 Å². The molecular weight excluding hydrogens is 248 g/mol. The van der Waals surface area contributed by atoms with Crippen molar-refractivity contribution in [2.24, 2.45) is 0 Å². The molecule has 18 heavy (non-hydrogen) atoms. The Labute approximate surface area is 109 Å². The standard InChI is InChI=1S/C13H20N2O2S/c1-14-13(9-15-11-5-6-11)10-3-7-12(8-4-10)18(2,16)17/h3-4,7-8,11,13-15H,5-6,9H2,1-2H3. The van der Waals surface area contributed by atoms with Crippen LogP contribution in [0.4, 0.5) is 0 Å². The van der Waals surface area contributed by atoms with Crippen LogP contribution in [0.15, 0.2) is 29.2 Å². The minimum absolute atomic E-state index is 0.221. The largest absolute Gasteiger partial charge is 0.312 e. The van der Waals surface area contributed by atoms with Crippen LogP contribution < -0.4 is 10.6 Å². The molecular formula is C13H20N2O2S. The lowest BCUT2D eigenvalue weighted by molar-refractivity contribution is 0.526. The van der Waals surface area contributed by atoms with Crippen LogP contribution in [-0.2, 0) is 9.84 Å². The molecule has 1 aliphatic rings. The second-order valence-corrected chi connectivity index (χ2v) is 6.88. The van der Waals surface area contributed by atoms with Crippen molar-refractivity contribution >= 4 is 9.84 Å². The van der Waals surface area contributed by atoms with Gasteiger partial charge in [-0.25, -0.2) is 8.42 Å². The van der Waals surface area contributed by atoms with E-state index >= 15 is 0 Å². The van der Waals surface area contributed by atoms with Crippen molar-refractivity contribution in [1.82, 2.24) is 10.6 Å². The highest BCUT2D eigenvalue weighted by Gasteiger charge is 2.22. The summed E-state index contributed by atoms with van der Waals surface area (Å²) in [5, 5.41) is 6.72. The first kappa shape index (κ1) is 13.5. The third-order valence-corrected chi connectivity index (χ3v) is 4.38. The average molecular weight is 268 g/mol. The molecule has 0 bridgehead atoms. The Kier molecular flexibility index (Phi) is 4.04. The molecule has 1 aromatic rings. The summed E-state index contributed by atoms with van der Waals surface area (Å²) in [7, 11) is -1.18. The van der Waals surface area contributed by atoms with E-state index in [2.05, 4.69) is 10.6 Å². The molecule has 0 spiro atoms. The summed E-state index contributed by atoms with van der Waals surface area (Å²) in [4.78, 5) is 0.372. The highest BCUT2D eigenvalue weighted by atomic mass is 32.2. The Morgan fingerprint density at radius 3 is 2.33 bits per heavy atom. The van der Waals surface area contributed by atoms with Crippen LogP contribution in [0.5, 0.6) is 0 Å². The molecule has 0 saturated heterocycles. The minimum atomic E-state index is -3.10. The van der Waals surface area contributed by atoms with Gasteiger partial charge in [-0.1, -0.05) is 12.1 Å². The highest BCUT2D eigenvalue weighted by Crippen LogP contribution is 2.21. The maximum Gasteiger partial charge on any atom is 0.175 e. The first-order valence-corrected chi connectivity index (χ1v) is 8.10. The molecule has 4 nitrogen and oxygen atoms in total. The van der Waals surface area contributed by atoms with Crippen molar-refractivity contribution < 1.29 is 8.42 Å². The van der Waals surface area contributed by atoms with Crippen molar-refractivity contribution in [2.45, 2.75) is 29.8 Å². The third kappa shape index (κ3) is 3.54. The van der Waals surface area contributed by atoms with Gasteiger partial charge < -0.3 is 10.6 Å². The molecule has 1 atom stereocenters. The van der Waals surface area contributed by atoms with E-state index in [1.54, 1.807) is 12.1 Å². The summed E-state index contributed by atoms with van der Waals surface area (Å²) in [5.41, 5.74) is 1.11. The molecule has 100 valence electrons. The second kappa shape index (κ2) is 5.38. The van der Waals surface area contributed by atoms with Crippen LogP contribution >= 0.6 is 0 Å². The number of likely N-dealkylation sites (N-methyl/N-ethyl adjacent to an activating group) is 1. The summed E-state index contributed by atoms with van der Waals surface area (Å²) >= 11 is 0. The topological polar surface area (TPSA) is 58.2 Å². The molecule has 1 aliphatic carbocycles. The van der Waals surface area contributed by atoms with Gasteiger partial charge in [-0.3, -0.25) is 0 Å². The lowest BCUT2D eigenvalue weighted by atomic mass is 10.1. The van der Waals surface area contributed by atoms with Gasteiger partial charge in [0.05, 0.1) is 4.90 Å². The van der Waals surface area contributed by atoms with E-state index in [0.717, 1.165) is 12.1 Å². The summed E-state index contributed by atoms with van der Waals surface area (Å²) in [5.74, 6) is 0. The average Bonchev–Trinajstić information content (AvgIpc) is 3.13. The van der Waals surface area contributed by atoms with E-state index < -0.39 is 9.84 Å². The second-order valence-electron chi connectivity index (χ2n) is 4.86. The van der Waals surface area contributed by atoms with Crippen LogP contribution in [0.25, 0.3) is 0 Å². The fourth-order valence-corrected chi connectivity index (χ4v) is 2.54. The van der Waals surface area contributed by atoms with E-state index in [-0.39, 0.29) is 6.04 Å². The molecule has 0 aliphatic heterocycles. The van der Waals surface area contributed by atoms with Gasteiger partial charge in [0.1, 0.15) is 0 Å². The Balaban J connectivity index is 2.05. The van der Waals surface area contributed by atoms with Gasteiger partial charge in [0.25, 0.3) is 0 Å². The molecule has 0 heterocycles. The number of rotatable bonds is 6. The SMILES string of the molecule is CNC(CNC1CC1)c1ccc(S(C)(=O)=O)cc1. The molecule has 1 fully saturated rings. The Morgan fingerprint density at radius 1 is 1.28 bits per heavy atom. The fourth-order valence-electron chi connectivity index (χ4n) is 1.91. The molecule has 5 heteroatoms. The molecule has 2 N–H and O–H groups in total. The van der Waals surface area contributed by atoms with Crippen molar-refractivity contribution in [3.05, 3.63) is 29.8 Å². The molecule has 1 saturated carbocycles. The molecule has 2 rings (SSSR count). The van der Waals surface area contributed by atoms with Crippen molar-refractivity contribution in [3.8, 4) is 0 Å². The van der Waals surface area contributed by atoms with Crippen LogP contribution in [0.1, 0.15) is 24.4 Å². The number of nitrogens with one attached hydrogen (secondary N) is 2. The zero-order valence-electron chi connectivity index (χ0n) is 10.8. The molecule has 0 aromatic heterocycles. The predicted octanol–water partition coefficient (Wildman–Crippen LogP) is 1.10. The fraction of sp³-hybridized carbons (Fsp3) is 0.538. The van der Waals surface area contributed by atoms with E-state index in [4.69, 9.17) is 0 Å². The van der Waals surface area contributed by atoms with E-state index in [9.17, 15) is 8.42 Å². The van der Waals surface area contributed by atoms with Gasteiger partial charge in [0, 0.05) is 24.9 Å². The Morgan fingerprint density at radius 2 is 1.89 bits per heavy atom. The van der Waals surface area contributed by atoms with Crippen LogP contribution in [0.2, 0.25) is 0 Å². The molecule has 1 unspecified atom stereocenters. The van der Waals surface area contributed by atoms with Crippen molar-refractivity contribution in [3.63, 3.8) is 0 Å². The minimum Gasteiger partial charge on any atom is -0.312 e. The maximum atomic E-state index is 11.4. The third-order valence-electron chi connectivity index (χ3n) is 3.25. The summed E-state index contributed by atoms with van der Waals surface area (Å²) < 4.78 is 22.8. The Hall–Kier alpha value is -0.910. The lowest BCUT2D eigenvalue weighted by Crippen LogP contribution is -2.30. The number of hydrogen-bond acceptors (Lipinski definition) is 4. The first-order valence-electron chi connectivity index (χ1n) is 6.21. The van der Waals surface area contributed by atoms with Gasteiger partial charge in [-0.15, -0.1) is 0 Å². The monoisotopic (exact) mass is 268 g/mol. The quantitative estimate of drug-likeness (QED) is 0.811. The van der Waals surface area contributed by atoms with Crippen molar-refractivity contribution in [2.75, 3.05) is 19.8 Å². The summed E-state index contributed by atoms with van der Waals surface area (Å²) in [6.07, 6.45) is 3.76. The Bertz CT molecular complexity index is 492. The zero-order chi connectivity index (χ0) is 13.2. The van der Waals surface area contributed by atoms with Crippen molar-refractivity contribution in [1.29, 1.82) is 0 Å². The van der Waals surface area contributed by atoms with E-state index in [1.807, 2.05) is 19.2 Å². The van der Waals surface area contributed by atoms with Gasteiger partial charge in [-0.05, 0) is 37.6 Å². The van der Waals surface area contributed by atoms with Gasteiger partial charge in [0.15, 0.2) is 9.84 Å². The molecule has 0 amide bonds. The molecule has 0 radical (unpaired) electrons. The zero-order valence-corrected chi connectivity index (χ0v) is 11.6. The van der Waals surface area contributed by atoms with Crippen LogP contribution in [0.3, 0.4) is 0 Å². The lowest BCUT2D eigenvalue weighted by Gasteiger charge is -2.17. The van der Waals surface area contributed by atoms with E-state index in [0.29, 0.717) is 10.9 Å². The number of sulfone groups is 1. The van der Waals surface area contributed by atoms with Gasteiger partial charge >= 0.3 is 0 Å². The maximum absolute atomic E-state index is 11.4. The molecule has 1 aromatic carbocycles. The summed E-state index contributed by atoms with van der Waals surface area (Å²) in [6.45, 7) is 0.874. The number of hydrogen-bond donors (Lipinski definition) is 2. The van der Waals surface area contributed by atoms with Gasteiger partial charge in [0.2, 0.25) is 0 Å². The number of benzene rings is 1.